The van der Waals surface area contributed by atoms with E-state index in [2.05, 4.69) is 37.0 Å². The van der Waals surface area contributed by atoms with E-state index in [4.69, 9.17) is 4.52 Å². The molecule has 0 unspecified atom stereocenters. The van der Waals surface area contributed by atoms with E-state index >= 15 is 0 Å². The predicted molar refractivity (Wildman–Crippen MR) is 107 cm³/mol. The van der Waals surface area contributed by atoms with Crippen LogP contribution in [0.4, 0.5) is 0 Å². The Morgan fingerprint density at radius 3 is 2.71 bits per heavy atom. The standard InChI is InChI=1S/C21H19N5OS/c1-14-6-5-7-16(12-14)20-22-18(25-27-20)13-28-21-24-23-19(15-10-11-15)26(21)17-8-3-2-4-9-17/h2-9,12,15H,10-11,13H2,1H3. The highest BCUT2D eigenvalue weighted by atomic mass is 32.2. The number of hydrogen-bond donors (Lipinski definition) is 0. The maximum absolute atomic E-state index is 5.45. The van der Waals surface area contributed by atoms with Gasteiger partial charge >= 0.3 is 0 Å². The monoisotopic (exact) mass is 389 g/mol. The molecule has 0 saturated heterocycles. The van der Waals surface area contributed by atoms with Gasteiger partial charge in [-0.2, -0.15) is 4.98 Å². The third-order valence-electron chi connectivity index (χ3n) is 4.68. The molecule has 1 aliphatic rings. The molecule has 0 amide bonds. The fourth-order valence-electron chi connectivity index (χ4n) is 3.14. The van der Waals surface area contributed by atoms with E-state index in [1.165, 1.54) is 12.8 Å². The molecule has 140 valence electrons. The molecule has 1 aliphatic carbocycles. The Labute approximate surface area is 167 Å². The van der Waals surface area contributed by atoms with Crippen molar-refractivity contribution < 1.29 is 4.52 Å². The average molecular weight is 389 g/mol. The lowest BCUT2D eigenvalue weighted by Crippen LogP contribution is -2.01. The van der Waals surface area contributed by atoms with Crippen LogP contribution in [0.25, 0.3) is 17.1 Å². The fraction of sp³-hybridized carbons (Fsp3) is 0.238. The average Bonchev–Trinajstić information content (AvgIpc) is 3.30. The number of hydrogen-bond acceptors (Lipinski definition) is 6. The van der Waals surface area contributed by atoms with E-state index in [1.54, 1.807) is 11.8 Å². The van der Waals surface area contributed by atoms with Crippen molar-refractivity contribution in [1.82, 2.24) is 24.9 Å². The summed E-state index contributed by atoms with van der Waals surface area (Å²) in [6.45, 7) is 2.05. The molecule has 2 aromatic carbocycles. The summed E-state index contributed by atoms with van der Waals surface area (Å²) in [5, 5.41) is 13.9. The van der Waals surface area contributed by atoms with E-state index in [9.17, 15) is 0 Å². The molecule has 2 aromatic heterocycles. The molecular weight excluding hydrogens is 370 g/mol. The Morgan fingerprint density at radius 1 is 1.07 bits per heavy atom. The smallest absolute Gasteiger partial charge is 0.257 e. The first-order chi connectivity index (χ1) is 13.8. The quantitative estimate of drug-likeness (QED) is 0.441. The number of nitrogens with zero attached hydrogens (tertiary/aromatic N) is 5. The van der Waals surface area contributed by atoms with Crippen LogP contribution in [0, 0.1) is 6.92 Å². The van der Waals surface area contributed by atoms with Gasteiger partial charge in [0.1, 0.15) is 5.82 Å². The molecule has 0 N–H and O–H groups in total. The maximum Gasteiger partial charge on any atom is 0.257 e. The molecule has 0 aliphatic heterocycles. The summed E-state index contributed by atoms with van der Waals surface area (Å²) >= 11 is 1.58. The largest absolute Gasteiger partial charge is 0.334 e. The minimum Gasteiger partial charge on any atom is -0.334 e. The number of benzene rings is 2. The van der Waals surface area contributed by atoms with Gasteiger partial charge in [0.05, 0.1) is 5.75 Å². The highest BCUT2D eigenvalue weighted by Gasteiger charge is 2.31. The third-order valence-corrected chi connectivity index (χ3v) is 5.60. The minimum atomic E-state index is 0.514. The molecular formula is C21H19N5OS. The summed E-state index contributed by atoms with van der Waals surface area (Å²) in [5.74, 6) is 3.33. The number of aryl methyl sites for hydroxylation is 1. The van der Waals surface area contributed by atoms with Gasteiger partial charge in [-0.25, -0.2) is 0 Å². The first-order valence-electron chi connectivity index (χ1n) is 9.31. The molecule has 0 spiro atoms. The van der Waals surface area contributed by atoms with Crippen molar-refractivity contribution >= 4 is 11.8 Å². The van der Waals surface area contributed by atoms with Crippen molar-refractivity contribution in [1.29, 1.82) is 0 Å². The second kappa shape index (κ2) is 7.24. The lowest BCUT2D eigenvalue weighted by Gasteiger charge is -2.08. The van der Waals surface area contributed by atoms with Gasteiger partial charge < -0.3 is 4.52 Å². The number of thioether (sulfide) groups is 1. The van der Waals surface area contributed by atoms with Crippen LogP contribution in [-0.4, -0.2) is 24.9 Å². The van der Waals surface area contributed by atoms with Crippen LogP contribution in [0.3, 0.4) is 0 Å². The summed E-state index contributed by atoms with van der Waals surface area (Å²) in [6, 6.07) is 18.3. The number of rotatable bonds is 6. The number of para-hydroxylation sites is 1. The van der Waals surface area contributed by atoms with Gasteiger partial charge in [0, 0.05) is 17.2 Å². The molecule has 28 heavy (non-hydrogen) atoms. The molecule has 2 heterocycles. The second-order valence-electron chi connectivity index (χ2n) is 6.96. The Kier molecular flexibility index (Phi) is 4.44. The van der Waals surface area contributed by atoms with Crippen LogP contribution in [0.1, 0.15) is 36.0 Å². The van der Waals surface area contributed by atoms with E-state index in [0.29, 0.717) is 23.4 Å². The van der Waals surface area contributed by atoms with Crippen LogP contribution in [0.15, 0.2) is 64.3 Å². The molecule has 0 atom stereocenters. The minimum absolute atomic E-state index is 0.514. The molecule has 5 rings (SSSR count). The van der Waals surface area contributed by atoms with Crippen LogP contribution in [-0.2, 0) is 5.75 Å². The Morgan fingerprint density at radius 2 is 1.93 bits per heavy atom. The van der Waals surface area contributed by atoms with Crippen molar-refractivity contribution in [3.05, 3.63) is 71.8 Å². The summed E-state index contributed by atoms with van der Waals surface area (Å²) in [5.41, 5.74) is 3.19. The van der Waals surface area contributed by atoms with Crippen LogP contribution in [0.5, 0.6) is 0 Å². The van der Waals surface area contributed by atoms with Gasteiger partial charge in [0.25, 0.3) is 5.89 Å². The van der Waals surface area contributed by atoms with Crippen molar-refractivity contribution in [2.45, 2.75) is 36.6 Å². The van der Waals surface area contributed by atoms with E-state index < -0.39 is 0 Å². The second-order valence-corrected chi connectivity index (χ2v) is 7.90. The predicted octanol–water partition coefficient (Wildman–Crippen LogP) is 4.80. The Balaban J connectivity index is 1.38. The highest BCUT2D eigenvalue weighted by molar-refractivity contribution is 7.98. The fourth-order valence-corrected chi connectivity index (χ4v) is 3.94. The third kappa shape index (κ3) is 3.45. The highest BCUT2D eigenvalue weighted by Crippen LogP contribution is 2.41. The molecule has 1 fully saturated rings. The SMILES string of the molecule is Cc1cccc(-c2nc(CSc3nnc(C4CC4)n3-c3ccccc3)no2)c1. The summed E-state index contributed by atoms with van der Waals surface area (Å²) < 4.78 is 7.60. The van der Waals surface area contributed by atoms with Gasteiger partial charge in [-0.15, -0.1) is 10.2 Å². The zero-order chi connectivity index (χ0) is 18.9. The summed E-state index contributed by atoms with van der Waals surface area (Å²) in [7, 11) is 0. The van der Waals surface area contributed by atoms with Crippen molar-refractivity contribution in [3.63, 3.8) is 0 Å². The molecule has 0 bridgehead atoms. The van der Waals surface area contributed by atoms with Crippen LogP contribution >= 0.6 is 11.8 Å². The first kappa shape index (κ1) is 17.2. The lowest BCUT2D eigenvalue weighted by molar-refractivity contribution is 0.425. The Bertz CT molecular complexity index is 1100. The van der Waals surface area contributed by atoms with E-state index in [0.717, 1.165) is 27.8 Å². The van der Waals surface area contributed by atoms with Crippen LogP contribution < -0.4 is 0 Å². The number of aromatic nitrogens is 5. The molecule has 7 heteroatoms. The van der Waals surface area contributed by atoms with Crippen molar-refractivity contribution in [2.24, 2.45) is 0 Å². The van der Waals surface area contributed by atoms with E-state index in [1.807, 2.05) is 49.4 Å². The van der Waals surface area contributed by atoms with Gasteiger partial charge in [-0.3, -0.25) is 4.57 Å². The van der Waals surface area contributed by atoms with Gasteiger partial charge in [-0.05, 0) is 44.0 Å². The topological polar surface area (TPSA) is 69.6 Å². The first-order valence-corrected chi connectivity index (χ1v) is 10.3. The van der Waals surface area contributed by atoms with Gasteiger partial charge in [0.15, 0.2) is 11.0 Å². The van der Waals surface area contributed by atoms with Crippen molar-refractivity contribution in [2.75, 3.05) is 0 Å². The molecule has 4 aromatic rings. The van der Waals surface area contributed by atoms with Gasteiger partial charge in [-0.1, -0.05) is 52.8 Å². The van der Waals surface area contributed by atoms with Crippen molar-refractivity contribution in [3.8, 4) is 17.1 Å². The zero-order valence-corrected chi connectivity index (χ0v) is 16.3. The summed E-state index contributed by atoms with van der Waals surface area (Å²) in [6.07, 6.45) is 2.36. The summed E-state index contributed by atoms with van der Waals surface area (Å²) in [4.78, 5) is 4.54. The molecule has 1 saturated carbocycles. The zero-order valence-electron chi connectivity index (χ0n) is 15.4. The lowest BCUT2D eigenvalue weighted by atomic mass is 10.1. The molecule has 6 nitrogen and oxygen atoms in total. The molecule has 0 radical (unpaired) electrons. The van der Waals surface area contributed by atoms with Gasteiger partial charge in [0.2, 0.25) is 0 Å². The van der Waals surface area contributed by atoms with Crippen LogP contribution in [0.2, 0.25) is 0 Å². The Hall–Kier alpha value is -2.93. The maximum atomic E-state index is 5.45. The van der Waals surface area contributed by atoms with E-state index in [-0.39, 0.29) is 0 Å². The normalized spacial score (nSPS) is 13.8.